The van der Waals surface area contributed by atoms with E-state index in [2.05, 4.69) is 21.2 Å². The number of hydrogen-bond acceptors (Lipinski definition) is 2. The monoisotopic (exact) mass is 341 g/mol. The van der Waals surface area contributed by atoms with Crippen LogP contribution in [0.2, 0.25) is 8.67 Å². The molecule has 1 aromatic heterocycles. The summed E-state index contributed by atoms with van der Waals surface area (Å²) in [6.07, 6.45) is 3.25. The summed E-state index contributed by atoms with van der Waals surface area (Å²) in [7, 11) is 0. The summed E-state index contributed by atoms with van der Waals surface area (Å²) in [5.74, 6) is -0.135. The second-order valence-corrected chi connectivity index (χ2v) is 7.23. The van der Waals surface area contributed by atoms with Crippen molar-refractivity contribution in [2.24, 2.45) is 0 Å². The van der Waals surface area contributed by atoms with E-state index in [9.17, 15) is 4.79 Å². The topological polar surface area (TPSA) is 29.1 Å². The summed E-state index contributed by atoms with van der Waals surface area (Å²) >= 11 is 16.5. The molecule has 0 radical (unpaired) electrons. The highest BCUT2D eigenvalue weighted by Crippen LogP contribution is 2.32. The van der Waals surface area contributed by atoms with E-state index in [-0.39, 0.29) is 11.9 Å². The van der Waals surface area contributed by atoms with Crippen LogP contribution in [0.15, 0.2) is 6.07 Å². The Bertz CT molecular complexity index is 410. The zero-order chi connectivity index (χ0) is 11.7. The van der Waals surface area contributed by atoms with E-state index in [0.717, 1.165) is 19.3 Å². The third-order valence-electron chi connectivity index (χ3n) is 2.65. The highest BCUT2D eigenvalue weighted by Gasteiger charge is 2.27. The summed E-state index contributed by atoms with van der Waals surface area (Å²) < 4.78 is 0.989. The molecule has 0 aliphatic heterocycles. The van der Waals surface area contributed by atoms with Crippen LogP contribution in [0, 0.1) is 0 Å². The Morgan fingerprint density at radius 1 is 1.50 bits per heavy atom. The van der Waals surface area contributed by atoms with Crippen LogP contribution < -0.4 is 5.32 Å². The maximum absolute atomic E-state index is 11.9. The summed E-state index contributed by atoms with van der Waals surface area (Å²) in [6.45, 7) is 0. The third-order valence-corrected chi connectivity index (χ3v) is 5.23. The minimum absolute atomic E-state index is 0.135. The number of amides is 1. The molecule has 1 aromatic rings. The predicted octanol–water partition coefficient (Wildman–Crippen LogP) is 4.10. The SMILES string of the molecule is O=C(NC1CCCC1Br)c1cc(Cl)sc1Cl. The van der Waals surface area contributed by atoms with Gasteiger partial charge >= 0.3 is 0 Å². The van der Waals surface area contributed by atoms with Gasteiger partial charge in [-0.15, -0.1) is 11.3 Å². The number of halogens is 3. The molecule has 0 aromatic carbocycles. The Balaban J connectivity index is 2.05. The van der Waals surface area contributed by atoms with Crippen molar-refractivity contribution in [1.82, 2.24) is 5.32 Å². The van der Waals surface area contributed by atoms with Crippen LogP contribution in [-0.2, 0) is 0 Å². The lowest BCUT2D eigenvalue weighted by atomic mass is 10.2. The lowest BCUT2D eigenvalue weighted by Crippen LogP contribution is -2.37. The average Bonchev–Trinajstić information content (AvgIpc) is 2.74. The molecule has 2 nitrogen and oxygen atoms in total. The molecule has 1 fully saturated rings. The average molecular weight is 343 g/mol. The van der Waals surface area contributed by atoms with Gasteiger partial charge in [0.25, 0.3) is 5.91 Å². The Morgan fingerprint density at radius 3 is 2.75 bits per heavy atom. The number of carbonyl (C=O) groups is 1. The van der Waals surface area contributed by atoms with Gasteiger partial charge in [0.05, 0.1) is 9.90 Å². The predicted molar refractivity (Wildman–Crippen MR) is 72.2 cm³/mol. The number of thiophene rings is 1. The van der Waals surface area contributed by atoms with Gasteiger partial charge in [-0.1, -0.05) is 45.6 Å². The van der Waals surface area contributed by atoms with Crippen LogP contribution >= 0.6 is 50.5 Å². The highest BCUT2D eigenvalue weighted by molar-refractivity contribution is 9.09. The molecule has 1 amide bonds. The fourth-order valence-corrected chi connectivity index (χ4v) is 4.00. The molecule has 16 heavy (non-hydrogen) atoms. The van der Waals surface area contributed by atoms with Gasteiger partial charge in [-0.25, -0.2) is 0 Å². The first-order chi connectivity index (χ1) is 7.58. The van der Waals surface area contributed by atoms with E-state index in [4.69, 9.17) is 23.2 Å². The van der Waals surface area contributed by atoms with E-state index in [1.165, 1.54) is 11.3 Å². The van der Waals surface area contributed by atoms with Crippen molar-refractivity contribution in [2.75, 3.05) is 0 Å². The standard InChI is InChI=1S/C10H10BrCl2NOS/c11-6-2-1-3-7(6)14-10(15)5-4-8(12)16-9(5)13/h4,6-7H,1-3H2,(H,14,15). The summed E-state index contributed by atoms with van der Waals surface area (Å²) in [5.41, 5.74) is 0.475. The van der Waals surface area contributed by atoms with Gasteiger partial charge in [0, 0.05) is 10.9 Å². The number of hydrogen-bond donors (Lipinski definition) is 1. The normalized spacial score (nSPS) is 24.7. The van der Waals surface area contributed by atoms with Crippen molar-refractivity contribution in [3.05, 3.63) is 20.3 Å². The third kappa shape index (κ3) is 2.73. The zero-order valence-corrected chi connectivity index (χ0v) is 12.2. The van der Waals surface area contributed by atoms with Crippen LogP contribution in [0.1, 0.15) is 29.6 Å². The molecule has 1 aliphatic carbocycles. The molecular weight excluding hydrogens is 333 g/mol. The molecule has 2 unspecified atom stereocenters. The molecule has 0 spiro atoms. The Kier molecular flexibility index (Phi) is 4.16. The van der Waals surface area contributed by atoms with Crippen molar-refractivity contribution in [3.63, 3.8) is 0 Å². The Labute approximate surface area is 116 Å². The van der Waals surface area contributed by atoms with E-state index in [1.807, 2.05) is 0 Å². The lowest BCUT2D eigenvalue weighted by molar-refractivity contribution is 0.0939. The van der Waals surface area contributed by atoms with Gasteiger partial charge in [-0.2, -0.15) is 0 Å². The minimum atomic E-state index is -0.135. The summed E-state index contributed by atoms with van der Waals surface area (Å²) in [5, 5.41) is 2.98. The molecule has 0 bridgehead atoms. The van der Waals surface area contributed by atoms with Crippen LogP contribution in [-0.4, -0.2) is 16.8 Å². The first-order valence-electron chi connectivity index (χ1n) is 4.97. The maximum Gasteiger partial charge on any atom is 0.253 e. The van der Waals surface area contributed by atoms with Gasteiger partial charge in [0.15, 0.2) is 0 Å². The van der Waals surface area contributed by atoms with Crippen molar-refractivity contribution in [3.8, 4) is 0 Å². The van der Waals surface area contributed by atoms with Crippen molar-refractivity contribution < 1.29 is 4.79 Å². The quantitative estimate of drug-likeness (QED) is 0.805. The molecule has 2 rings (SSSR count). The fraction of sp³-hybridized carbons (Fsp3) is 0.500. The van der Waals surface area contributed by atoms with E-state index in [1.54, 1.807) is 6.07 Å². The lowest BCUT2D eigenvalue weighted by Gasteiger charge is -2.15. The van der Waals surface area contributed by atoms with Crippen molar-refractivity contribution >= 4 is 56.4 Å². The number of alkyl halides is 1. The molecule has 1 aliphatic rings. The second kappa shape index (κ2) is 5.25. The molecule has 6 heteroatoms. The number of rotatable bonds is 2. The minimum Gasteiger partial charge on any atom is -0.348 e. The van der Waals surface area contributed by atoms with E-state index < -0.39 is 0 Å². The van der Waals surface area contributed by atoms with Crippen LogP contribution in [0.3, 0.4) is 0 Å². The van der Waals surface area contributed by atoms with E-state index in [0.29, 0.717) is 19.1 Å². The molecular formula is C10H10BrCl2NOS. The van der Waals surface area contributed by atoms with E-state index >= 15 is 0 Å². The Hall–Kier alpha value is 0.230. The summed E-state index contributed by atoms with van der Waals surface area (Å²) in [4.78, 5) is 12.3. The molecule has 88 valence electrons. The number of carbonyl (C=O) groups excluding carboxylic acids is 1. The van der Waals surface area contributed by atoms with Gasteiger partial charge in [0.1, 0.15) is 4.34 Å². The molecule has 1 saturated carbocycles. The van der Waals surface area contributed by atoms with Gasteiger partial charge in [0.2, 0.25) is 0 Å². The first kappa shape index (κ1) is 12.7. The molecule has 1 heterocycles. The van der Waals surface area contributed by atoms with Gasteiger partial charge in [-0.05, 0) is 18.9 Å². The first-order valence-corrected chi connectivity index (χ1v) is 7.46. The smallest absolute Gasteiger partial charge is 0.253 e. The molecule has 0 saturated heterocycles. The van der Waals surface area contributed by atoms with Crippen molar-refractivity contribution in [2.45, 2.75) is 30.1 Å². The van der Waals surface area contributed by atoms with Crippen molar-refractivity contribution in [1.29, 1.82) is 0 Å². The molecule has 1 N–H and O–H groups in total. The second-order valence-electron chi connectivity index (χ2n) is 3.76. The number of nitrogens with one attached hydrogen (secondary N) is 1. The van der Waals surface area contributed by atoms with Crippen LogP contribution in [0.5, 0.6) is 0 Å². The highest BCUT2D eigenvalue weighted by atomic mass is 79.9. The van der Waals surface area contributed by atoms with Crippen LogP contribution in [0.4, 0.5) is 0 Å². The maximum atomic E-state index is 11.9. The largest absolute Gasteiger partial charge is 0.348 e. The summed E-state index contributed by atoms with van der Waals surface area (Å²) in [6, 6.07) is 1.81. The fourth-order valence-electron chi connectivity index (χ4n) is 1.82. The van der Waals surface area contributed by atoms with Gasteiger partial charge < -0.3 is 5.32 Å². The van der Waals surface area contributed by atoms with Crippen LogP contribution in [0.25, 0.3) is 0 Å². The Morgan fingerprint density at radius 2 is 2.25 bits per heavy atom. The van der Waals surface area contributed by atoms with Gasteiger partial charge in [-0.3, -0.25) is 4.79 Å². The zero-order valence-electron chi connectivity index (χ0n) is 8.30. The molecule has 2 atom stereocenters.